The van der Waals surface area contributed by atoms with Crippen molar-refractivity contribution in [2.24, 2.45) is 0 Å². The zero-order valence-electron chi connectivity index (χ0n) is 18.0. The lowest BCUT2D eigenvalue weighted by molar-refractivity contribution is -0.143. The van der Waals surface area contributed by atoms with E-state index in [1.165, 1.54) is 12.1 Å². The van der Waals surface area contributed by atoms with Crippen molar-refractivity contribution in [1.82, 2.24) is 14.4 Å². The van der Waals surface area contributed by atoms with Crippen molar-refractivity contribution in [2.75, 3.05) is 13.1 Å². The predicted octanol–water partition coefficient (Wildman–Crippen LogP) is 3.26. The molecule has 8 heteroatoms. The highest BCUT2D eigenvalue weighted by atomic mass is 19.1. The third-order valence-electron chi connectivity index (χ3n) is 5.58. The molecule has 2 aromatic rings. The fourth-order valence-electron chi connectivity index (χ4n) is 3.75. The average molecular weight is 427 g/mol. The molecule has 1 fully saturated rings. The molecule has 1 saturated heterocycles. The number of halogens is 1. The second-order valence-electron chi connectivity index (χ2n) is 7.72. The SMILES string of the molecule is CCCCN1C(=O)C(=O)N(CC(=O)c2cc(C)n(CCc3ccc(F)cc3)c2C)C1=O. The van der Waals surface area contributed by atoms with Crippen LogP contribution in [0.1, 0.15) is 47.1 Å². The van der Waals surface area contributed by atoms with Gasteiger partial charge in [0.15, 0.2) is 5.78 Å². The van der Waals surface area contributed by atoms with Crippen LogP contribution in [-0.4, -0.2) is 51.1 Å². The molecule has 0 unspecified atom stereocenters. The number of carbonyl (C=O) groups excluding carboxylic acids is 4. The molecule has 0 atom stereocenters. The van der Waals surface area contributed by atoms with Gasteiger partial charge in [0.05, 0.1) is 6.54 Å². The molecule has 1 aliphatic rings. The number of aromatic nitrogens is 1. The van der Waals surface area contributed by atoms with Gasteiger partial charge in [0.25, 0.3) is 0 Å². The molecule has 0 radical (unpaired) electrons. The second kappa shape index (κ2) is 9.24. The Labute approximate surface area is 180 Å². The van der Waals surface area contributed by atoms with Crippen LogP contribution in [0.2, 0.25) is 0 Å². The summed E-state index contributed by atoms with van der Waals surface area (Å²) in [4.78, 5) is 51.3. The molecule has 0 saturated carbocycles. The van der Waals surface area contributed by atoms with Crippen LogP contribution in [-0.2, 0) is 22.6 Å². The molecule has 0 bridgehead atoms. The van der Waals surface area contributed by atoms with Gasteiger partial charge < -0.3 is 4.57 Å². The van der Waals surface area contributed by atoms with E-state index in [1.807, 2.05) is 18.4 Å². The maximum atomic E-state index is 13.1. The number of ketones is 1. The van der Waals surface area contributed by atoms with Crippen LogP contribution < -0.4 is 0 Å². The van der Waals surface area contributed by atoms with Gasteiger partial charge in [0.2, 0.25) is 0 Å². The molecule has 1 aliphatic heterocycles. The third kappa shape index (κ3) is 4.57. The number of nitrogens with zero attached hydrogens (tertiary/aromatic N) is 3. The molecule has 7 nitrogen and oxygen atoms in total. The summed E-state index contributed by atoms with van der Waals surface area (Å²) < 4.78 is 15.1. The van der Waals surface area contributed by atoms with E-state index < -0.39 is 30.2 Å². The van der Waals surface area contributed by atoms with Crippen molar-refractivity contribution < 1.29 is 23.6 Å². The number of unbranched alkanes of at least 4 members (excludes halogenated alkanes) is 1. The first-order valence-electron chi connectivity index (χ1n) is 10.4. The van der Waals surface area contributed by atoms with Crippen molar-refractivity contribution in [1.29, 1.82) is 0 Å². The smallest absolute Gasteiger partial charge is 0.334 e. The first-order valence-corrected chi connectivity index (χ1v) is 10.4. The normalized spacial score (nSPS) is 14.1. The number of rotatable bonds is 9. The van der Waals surface area contributed by atoms with E-state index in [2.05, 4.69) is 0 Å². The van der Waals surface area contributed by atoms with Gasteiger partial charge in [0.1, 0.15) is 5.82 Å². The summed E-state index contributed by atoms with van der Waals surface area (Å²) in [5, 5.41) is 0. The maximum Gasteiger partial charge on any atom is 0.334 e. The fraction of sp³-hybridized carbons (Fsp3) is 0.391. The zero-order valence-corrected chi connectivity index (χ0v) is 18.0. The van der Waals surface area contributed by atoms with E-state index in [1.54, 1.807) is 25.1 Å². The van der Waals surface area contributed by atoms with Gasteiger partial charge in [-0.25, -0.2) is 14.1 Å². The summed E-state index contributed by atoms with van der Waals surface area (Å²) in [6.45, 7) is 5.89. The molecular formula is C23H26FN3O4. The fourth-order valence-corrected chi connectivity index (χ4v) is 3.75. The number of hydrogen-bond donors (Lipinski definition) is 0. The molecule has 1 aromatic carbocycles. The molecule has 0 N–H and O–H groups in total. The predicted molar refractivity (Wildman–Crippen MR) is 112 cm³/mol. The number of benzene rings is 1. The van der Waals surface area contributed by atoms with Gasteiger partial charge >= 0.3 is 17.8 Å². The van der Waals surface area contributed by atoms with E-state index in [9.17, 15) is 23.6 Å². The molecule has 31 heavy (non-hydrogen) atoms. The zero-order chi connectivity index (χ0) is 22.7. The van der Waals surface area contributed by atoms with Crippen LogP contribution in [0.15, 0.2) is 30.3 Å². The quantitative estimate of drug-likeness (QED) is 0.350. The number of aryl methyl sites for hydroxylation is 2. The molecule has 2 heterocycles. The van der Waals surface area contributed by atoms with Crippen LogP contribution in [0.5, 0.6) is 0 Å². The van der Waals surface area contributed by atoms with E-state index in [4.69, 9.17) is 0 Å². The summed E-state index contributed by atoms with van der Waals surface area (Å²) in [6.07, 6.45) is 2.03. The van der Waals surface area contributed by atoms with Crippen molar-refractivity contribution in [3.05, 3.63) is 58.7 Å². The van der Waals surface area contributed by atoms with E-state index >= 15 is 0 Å². The van der Waals surface area contributed by atoms with Gasteiger partial charge in [0, 0.05) is 30.0 Å². The lowest BCUT2D eigenvalue weighted by atomic mass is 10.1. The molecular weight excluding hydrogens is 401 g/mol. The van der Waals surface area contributed by atoms with E-state index in [0.717, 1.165) is 33.2 Å². The molecule has 164 valence electrons. The Kier molecular flexibility index (Phi) is 6.68. The Hall–Kier alpha value is -3.29. The molecule has 0 spiro atoms. The topological polar surface area (TPSA) is 79.7 Å². The molecule has 4 amide bonds. The first-order chi connectivity index (χ1) is 14.7. The van der Waals surface area contributed by atoms with Crippen molar-refractivity contribution in [3.8, 4) is 0 Å². The second-order valence-corrected chi connectivity index (χ2v) is 7.72. The van der Waals surface area contributed by atoms with Crippen molar-refractivity contribution in [2.45, 2.75) is 46.6 Å². The highest BCUT2D eigenvalue weighted by molar-refractivity contribution is 6.45. The van der Waals surface area contributed by atoms with Gasteiger partial charge in [-0.1, -0.05) is 25.5 Å². The minimum absolute atomic E-state index is 0.169. The molecule has 1 aromatic heterocycles. The van der Waals surface area contributed by atoms with E-state index in [-0.39, 0.29) is 12.4 Å². The number of urea groups is 1. The number of carbonyl (C=O) groups is 4. The van der Waals surface area contributed by atoms with Crippen molar-refractivity contribution >= 4 is 23.6 Å². The molecule has 0 aliphatic carbocycles. The summed E-state index contributed by atoms with van der Waals surface area (Å²) in [5.74, 6) is -2.52. The standard InChI is InChI=1S/C23H26FN3O4/c1-4-5-11-26-21(29)22(30)27(23(26)31)14-20(28)19-13-15(2)25(16(19)3)12-10-17-6-8-18(24)9-7-17/h6-9,13H,4-5,10-12,14H2,1-3H3. The Morgan fingerprint density at radius 2 is 1.61 bits per heavy atom. The number of Topliss-reactive ketones (excluding diaryl/α,β-unsaturated/α-hetero) is 1. The summed E-state index contributed by atoms with van der Waals surface area (Å²) in [6, 6.07) is 7.26. The Balaban J connectivity index is 1.71. The maximum absolute atomic E-state index is 13.1. The largest absolute Gasteiger partial charge is 0.348 e. The number of amides is 4. The Bertz CT molecular complexity index is 1030. The number of hydrogen-bond acceptors (Lipinski definition) is 4. The van der Waals surface area contributed by atoms with E-state index in [0.29, 0.717) is 24.9 Å². The van der Waals surface area contributed by atoms with Crippen molar-refractivity contribution in [3.63, 3.8) is 0 Å². The summed E-state index contributed by atoms with van der Waals surface area (Å²) in [5.41, 5.74) is 2.97. The highest BCUT2D eigenvalue weighted by Crippen LogP contribution is 2.20. The van der Waals surface area contributed by atoms with Gasteiger partial charge in [-0.3, -0.25) is 19.3 Å². The third-order valence-corrected chi connectivity index (χ3v) is 5.58. The molecule has 3 rings (SSSR count). The lowest BCUT2D eigenvalue weighted by Gasteiger charge is -2.15. The summed E-state index contributed by atoms with van der Waals surface area (Å²) >= 11 is 0. The lowest BCUT2D eigenvalue weighted by Crippen LogP contribution is -2.37. The average Bonchev–Trinajstić information content (AvgIpc) is 3.14. The minimum atomic E-state index is -0.959. The van der Waals surface area contributed by atoms with Gasteiger partial charge in [-0.2, -0.15) is 0 Å². The monoisotopic (exact) mass is 427 g/mol. The van der Waals surface area contributed by atoms with Crippen LogP contribution >= 0.6 is 0 Å². The minimum Gasteiger partial charge on any atom is -0.348 e. The van der Waals surface area contributed by atoms with Crippen LogP contribution in [0.3, 0.4) is 0 Å². The summed E-state index contributed by atoms with van der Waals surface area (Å²) in [7, 11) is 0. The van der Waals surface area contributed by atoms with Crippen LogP contribution in [0, 0.1) is 19.7 Å². The van der Waals surface area contributed by atoms with Gasteiger partial charge in [-0.15, -0.1) is 0 Å². The Morgan fingerprint density at radius 1 is 0.968 bits per heavy atom. The Morgan fingerprint density at radius 3 is 2.26 bits per heavy atom. The number of imide groups is 2. The van der Waals surface area contributed by atoms with Crippen LogP contribution in [0.4, 0.5) is 9.18 Å². The van der Waals surface area contributed by atoms with Gasteiger partial charge in [-0.05, 0) is 50.5 Å². The highest BCUT2D eigenvalue weighted by Gasteiger charge is 2.44. The first kappa shape index (κ1) is 22.4. The van der Waals surface area contributed by atoms with Crippen LogP contribution in [0.25, 0.3) is 0 Å².